The Morgan fingerprint density at radius 2 is 2.10 bits per heavy atom. The molecule has 2 atom stereocenters. The van der Waals surface area contributed by atoms with Gasteiger partial charge in [0.05, 0.1) is 6.61 Å². The highest BCUT2D eigenvalue weighted by atomic mass is 16.5. The largest absolute Gasteiger partial charge is 0.463 e. The van der Waals surface area contributed by atoms with Gasteiger partial charge in [0, 0.05) is 13.1 Å². The van der Waals surface area contributed by atoms with E-state index < -0.39 is 0 Å². The normalized spacial score (nSPS) is 22.6. The van der Waals surface area contributed by atoms with Crippen molar-refractivity contribution in [3.63, 3.8) is 0 Å². The Bertz CT molecular complexity index is 440. The third-order valence-corrected chi connectivity index (χ3v) is 3.83. The summed E-state index contributed by atoms with van der Waals surface area (Å²) in [6.07, 6.45) is 5.84. The second-order valence-electron chi connectivity index (χ2n) is 5.66. The second-order valence-corrected chi connectivity index (χ2v) is 5.66. The van der Waals surface area contributed by atoms with Crippen LogP contribution in [-0.4, -0.2) is 34.6 Å². The first-order chi connectivity index (χ1) is 9.60. The molecule has 2 unspecified atom stereocenters. The van der Waals surface area contributed by atoms with Gasteiger partial charge in [0.25, 0.3) is 0 Å². The highest BCUT2D eigenvalue weighted by Crippen LogP contribution is 2.28. The molecule has 0 spiro atoms. The molecule has 1 fully saturated rings. The number of nitrogens with two attached hydrogens (primary N) is 1. The highest BCUT2D eigenvalue weighted by Gasteiger charge is 2.24. The van der Waals surface area contributed by atoms with Crippen molar-refractivity contribution in [1.82, 2.24) is 15.0 Å². The number of anilines is 2. The molecule has 6 heteroatoms. The lowest BCUT2D eigenvalue weighted by atomic mass is 9.86. The van der Waals surface area contributed by atoms with Crippen LogP contribution in [0.1, 0.15) is 46.0 Å². The fourth-order valence-electron chi connectivity index (χ4n) is 2.69. The van der Waals surface area contributed by atoms with Gasteiger partial charge < -0.3 is 15.4 Å². The summed E-state index contributed by atoms with van der Waals surface area (Å²) in [7, 11) is 2.03. The van der Waals surface area contributed by atoms with Crippen LogP contribution in [0.15, 0.2) is 0 Å². The molecule has 6 nitrogen and oxygen atoms in total. The molecule has 1 aromatic heterocycles. The van der Waals surface area contributed by atoms with E-state index in [0.29, 0.717) is 24.6 Å². The zero-order valence-electron chi connectivity index (χ0n) is 12.7. The summed E-state index contributed by atoms with van der Waals surface area (Å²) >= 11 is 0. The summed E-state index contributed by atoms with van der Waals surface area (Å²) in [6.45, 7) is 4.94. The predicted octanol–water partition coefficient (Wildman–Crippen LogP) is 2.26. The first-order valence-corrected chi connectivity index (χ1v) is 7.47. The number of ether oxygens (including phenoxy) is 1. The number of aromatic nitrogens is 3. The van der Waals surface area contributed by atoms with Crippen LogP contribution < -0.4 is 15.4 Å². The van der Waals surface area contributed by atoms with E-state index in [2.05, 4.69) is 26.8 Å². The molecule has 112 valence electrons. The molecule has 2 N–H and O–H groups in total. The first kappa shape index (κ1) is 14.8. The van der Waals surface area contributed by atoms with E-state index in [4.69, 9.17) is 10.5 Å². The Morgan fingerprint density at radius 1 is 1.30 bits per heavy atom. The van der Waals surface area contributed by atoms with Crippen LogP contribution in [0.2, 0.25) is 0 Å². The summed E-state index contributed by atoms with van der Waals surface area (Å²) in [5.41, 5.74) is 5.76. The minimum Gasteiger partial charge on any atom is -0.463 e. The van der Waals surface area contributed by atoms with E-state index in [9.17, 15) is 0 Å². The lowest BCUT2D eigenvalue weighted by Crippen LogP contribution is -2.36. The van der Waals surface area contributed by atoms with Crippen molar-refractivity contribution in [3.8, 4) is 6.01 Å². The number of hydrogen-bond donors (Lipinski definition) is 1. The fraction of sp³-hybridized carbons (Fsp3) is 0.786. The molecule has 0 bridgehead atoms. The highest BCUT2D eigenvalue weighted by molar-refractivity contribution is 5.36. The smallest absolute Gasteiger partial charge is 0.323 e. The van der Waals surface area contributed by atoms with E-state index in [-0.39, 0.29) is 5.95 Å². The molecule has 0 aliphatic heterocycles. The van der Waals surface area contributed by atoms with Gasteiger partial charge in [0.2, 0.25) is 11.9 Å². The molecule has 0 amide bonds. The Hall–Kier alpha value is -1.59. The van der Waals surface area contributed by atoms with Crippen molar-refractivity contribution in [3.05, 3.63) is 0 Å². The van der Waals surface area contributed by atoms with Crippen LogP contribution in [0.3, 0.4) is 0 Å². The molecule has 2 rings (SSSR count). The predicted molar refractivity (Wildman–Crippen MR) is 79.8 cm³/mol. The molecular formula is C14H25N5O. The molecule has 0 aromatic carbocycles. The minimum absolute atomic E-state index is 0.219. The monoisotopic (exact) mass is 279 g/mol. The minimum atomic E-state index is 0.219. The van der Waals surface area contributed by atoms with E-state index in [0.717, 1.165) is 12.3 Å². The number of hydrogen-bond acceptors (Lipinski definition) is 6. The van der Waals surface area contributed by atoms with Gasteiger partial charge in [-0.05, 0) is 25.2 Å². The summed E-state index contributed by atoms with van der Waals surface area (Å²) in [4.78, 5) is 14.8. The van der Waals surface area contributed by atoms with Crippen LogP contribution in [0, 0.1) is 5.92 Å². The molecule has 1 saturated carbocycles. The number of rotatable bonds is 5. The van der Waals surface area contributed by atoms with E-state index in [1.807, 2.05) is 14.0 Å². The van der Waals surface area contributed by atoms with Crippen molar-refractivity contribution in [2.24, 2.45) is 5.92 Å². The van der Waals surface area contributed by atoms with Gasteiger partial charge >= 0.3 is 6.01 Å². The van der Waals surface area contributed by atoms with Gasteiger partial charge in [-0.2, -0.15) is 15.0 Å². The molecule has 0 radical (unpaired) electrons. The average molecular weight is 279 g/mol. The second kappa shape index (κ2) is 6.72. The van der Waals surface area contributed by atoms with Gasteiger partial charge in [-0.1, -0.05) is 26.7 Å². The van der Waals surface area contributed by atoms with Crippen LogP contribution in [-0.2, 0) is 0 Å². The number of nitrogens with zero attached hydrogens (tertiary/aromatic N) is 4. The van der Waals surface area contributed by atoms with Crippen molar-refractivity contribution in [1.29, 1.82) is 0 Å². The Balaban J connectivity index is 2.11. The molecular weight excluding hydrogens is 254 g/mol. The van der Waals surface area contributed by atoms with E-state index >= 15 is 0 Å². The van der Waals surface area contributed by atoms with Crippen LogP contribution in [0.4, 0.5) is 11.9 Å². The SMILES string of the molecule is CCCOc1nc(N)nc(N(C)C2CCCC(C)C2)n1. The van der Waals surface area contributed by atoms with E-state index in [1.54, 1.807) is 0 Å². The Kier molecular flexibility index (Phi) is 4.98. The lowest BCUT2D eigenvalue weighted by molar-refractivity contribution is 0.290. The quantitative estimate of drug-likeness (QED) is 0.890. The molecule has 20 heavy (non-hydrogen) atoms. The topological polar surface area (TPSA) is 77.2 Å². The summed E-state index contributed by atoms with van der Waals surface area (Å²) in [5.74, 6) is 1.59. The van der Waals surface area contributed by atoms with Crippen LogP contribution in [0.5, 0.6) is 6.01 Å². The maximum Gasteiger partial charge on any atom is 0.323 e. The maximum atomic E-state index is 5.76. The van der Waals surface area contributed by atoms with Crippen LogP contribution in [0.25, 0.3) is 0 Å². The van der Waals surface area contributed by atoms with Crippen molar-refractivity contribution in [2.75, 3.05) is 24.3 Å². The zero-order chi connectivity index (χ0) is 14.5. The van der Waals surface area contributed by atoms with Gasteiger partial charge in [-0.3, -0.25) is 0 Å². The summed E-state index contributed by atoms with van der Waals surface area (Å²) in [6, 6.07) is 0.796. The summed E-state index contributed by atoms with van der Waals surface area (Å²) < 4.78 is 5.47. The van der Waals surface area contributed by atoms with Gasteiger partial charge in [0.1, 0.15) is 0 Å². The number of nitrogen functional groups attached to an aromatic ring is 1. The molecule has 0 saturated heterocycles. The zero-order valence-corrected chi connectivity index (χ0v) is 12.7. The molecule has 1 aliphatic carbocycles. The molecule has 1 heterocycles. The van der Waals surface area contributed by atoms with Crippen molar-refractivity contribution < 1.29 is 4.74 Å². The Morgan fingerprint density at radius 3 is 2.80 bits per heavy atom. The van der Waals surface area contributed by atoms with Gasteiger partial charge in [-0.25, -0.2) is 0 Å². The van der Waals surface area contributed by atoms with Gasteiger partial charge in [0.15, 0.2) is 0 Å². The third kappa shape index (κ3) is 3.71. The van der Waals surface area contributed by atoms with Crippen molar-refractivity contribution in [2.45, 2.75) is 52.0 Å². The molecule has 1 aliphatic rings. The fourth-order valence-corrected chi connectivity index (χ4v) is 2.69. The van der Waals surface area contributed by atoms with Crippen molar-refractivity contribution >= 4 is 11.9 Å². The van der Waals surface area contributed by atoms with Crippen LogP contribution >= 0.6 is 0 Å². The average Bonchev–Trinajstić information content (AvgIpc) is 2.43. The van der Waals surface area contributed by atoms with Gasteiger partial charge in [-0.15, -0.1) is 0 Å². The third-order valence-electron chi connectivity index (χ3n) is 3.83. The Labute approximate surface area is 120 Å². The lowest BCUT2D eigenvalue weighted by Gasteiger charge is -2.34. The first-order valence-electron chi connectivity index (χ1n) is 7.47. The standard InChI is InChI=1S/C14H25N5O/c1-4-8-20-14-17-12(15)16-13(18-14)19(3)11-7-5-6-10(2)9-11/h10-11H,4-9H2,1-3H3,(H2,15,16,17,18). The van der Waals surface area contributed by atoms with E-state index in [1.165, 1.54) is 25.7 Å². The molecule has 1 aromatic rings. The summed E-state index contributed by atoms with van der Waals surface area (Å²) in [5, 5.41) is 0. The maximum absolute atomic E-state index is 5.76.